The van der Waals surface area contributed by atoms with E-state index in [1.54, 1.807) is 18.3 Å². The van der Waals surface area contributed by atoms with Crippen LogP contribution in [0.1, 0.15) is 22.9 Å². The average molecular weight is 345 g/mol. The van der Waals surface area contributed by atoms with Gasteiger partial charge in [0.2, 0.25) is 5.91 Å². The summed E-state index contributed by atoms with van der Waals surface area (Å²) in [5, 5.41) is 3.38. The summed E-state index contributed by atoms with van der Waals surface area (Å²) in [5.74, 6) is 0.584. The molecule has 0 atom stereocenters. The Balaban J connectivity index is 1.57. The maximum absolute atomic E-state index is 12.9. The molecule has 1 N–H and O–H groups in total. The second-order valence-electron chi connectivity index (χ2n) is 5.33. The molecule has 0 bridgehead atoms. The Labute approximate surface area is 142 Å². The molecular formula is C17H16FN3O2S. The number of nitrogens with zero attached hydrogens (tertiary/aromatic N) is 2. The Kier molecular flexibility index (Phi) is 4.71. The van der Waals surface area contributed by atoms with Gasteiger partial charge in [-0.05, 0) is 38.1 Å². The molecule has 0 spiro atoms. The molecule has 5 nitrogen and oxygen atoms in total. The molecule has 0 radical (unpaired) electrons. The van der Waals surface area contributed by atoms with Crippen molar-refractivity contribution in [1.82, 2.24) is 9.97 Å². The standard InChI is InChI=1S/C17H16FN3O2S/c1-10-11(2)24-17(20-10)21-15(22)7-8-16-19-9-14(23-16)12-3-5-13(18)6-4-12/h3-6,9H,7-8H2,1-2H3,(H,20,21,22). The summed E-state index contributed by atoms with van der Waals surface area (Å²) in [5.41, 5.74) is 1.67. The van der Waals surface area contributed by atoms with E-state index in [1.807, 2.05) is 13.8 Å². The van der Waals surface area contributed by atoms with Crippen LogP contribution < -0.4 is 5.32 Å². The zero-order chi connectivity index (χ0) is 17.1. The molecule has 1 aromatic carbocycles. The first-order valence-corrected chi connectivity index (χ1v) is 8.27. The van der Waals surface area contributed by atoms with Gasteiger partial charge in [-0.2, -0.15) is 0 Å². The van der Waals surface area contributed by atoms with Crippen molar-refractivity contribution < 1.29 is 13.6 Å². The second kappa shape index (κ2) is 6.92. The molecule has 0 aliphatic heterocycles. The highest BCUT2D eigenvalue weighted by atomic mass is 32.1. The van der Waals surface area contributed by atoms with Gasteiger partial charge in [-0.25, -0.2) is 14.4 Å². The maximum atomic E-state index is 12.9. The topological polar surface area (TPSA) is 68.0 Å². The van der Waals surface area contributed by atoms with E-state index in [2.05, 4.69) is 15.3 Å². The number of hydrogen-bond acceptors (Lipinski definition) is 5. The third-order valence-electron chi connectivity index (χ3n) is 3.52. The summed E-state index contributed by atoms with van der Waals surface area (Å²) in [6.45, 7) is 3.87. The predicted octanol–water partition coefficient (Wildman–Crippen LogP) is 4.13. The highest BCUT2D eigenvalue weighted by Gasteiger charge is 2.11. The van der Waals surface area contributed by atoms with Crippen LogP contribution in [0.2, 0.25) is 0 Å². The van der Waals surface area contributed by atoms with Crippen LogP contribution in [0.3, 0.4) is 0 Å². The molecule has 0 unspecified atom stereocenters. The number of halogens is 1. The molecule has 0 saturated carbocycles. The van der Waals surface area contributed by atoms with Gasteiger partial charge in [0.1, 0.15) is 5.82 Å². The summed E-state index contributed by atoms with van der Waals surface area (Å²) >= 11 is 1.45. The van der Waals surface area contributed by atoms with E-state index in [-0.39, 0.29) is 18.1 Å². The van der Waals surface area contributed by atoms with Gasteiger partial charge in [-0.15, -0.1) is 11.3 Å². The van der Waals surface area contributed by atoms with Crippen molar-refractivity contribution in [2.45, 2.75) is 26.7 Å². The van der Waals surface area contributed by atoms with E-state index in [1.165, 1.54) is 23.5 Å². The van der Waals surface area contributed by atoms with Crippen LogP contribution >= 0.6 is 11.3 Å². The van der Waals surface area contributed by atoms with Gasteiger partial charge in [0, 0.05) is 23.3 Å². The number of hydrogen-bond donors (Lipinski definition) is 1. The van der Waals surface area contributed by atoms with E-state index in [4.69, 9.17) is 4.42 Å². The summed E-state index contributed by atoms with van der Waals surface area (Å²) in [6, 6.07) is 5.98. The van der Waals surface area contributed by atoms with Crippen molar-refractivity contribution in [1.29, 1.82) is 0 Å². The molecule has 24 heavy (non-hydrogen) atoms. The van der Waals surface area contributed by atoms with Crippen LogP contribution in [-0.4, -0.2) is 15.9 Å². The first-order valence-electron chi connectivity index (χ1n) is 7.46. The van der Waals surface area contributed by atoms with Gasteiger partial charge in [-0.1, -0.05) is 0 Å². The lowest BCUT2D eigenvalue weighted by Gasteiger charge is -1.99. The summed E-state index contributed by atoms with van der Waals surface area (Å²) in [6.07, 6.45) is 2.21. The number of aryl methyl sites for hydroxylation is 3. The quantitative estimate of drug-likeness (QED) is 0.755. The van der Waals surface area contributed by atoms with Crippen molar-refractivity contribution >= 4 is 22.4 Å². The van der Waals surface area contributed by atoms with Crippen LogP contribution in [0.4, 0.5) is 9.52 Å². The van der Waals surface area contributed by atoms with Crippen LogP contribution in [-0.2, 0) is 11.2 Å². The molecule has 2 heterocycles. The molecule has 2 aromatic heterocycles. The number of benzene rings is 1. The SMILES string of the molecule is Cc1nc(NC(=O)CCc2ncc(-c3ccc(F)cc3)o2)sc1C. The molecule has 7 heteroatoms. The largest absolute Gasteiger partial charge is 0.441 e. The van der Waals surface area contributed by atoms with E-state index >= 15 is 0 Å². The molecule has 124 valence electrons. The minimum Gasteiger partial charge on any atom is -0.441 e. The third-order valence-corrected chi connectivity index (χ3v) is 4.51. The predicted molar refractivity (Wildman–Crippen MR) is 90.4 cm³/mol. The number of carbonyl (C=O) groups is 1. The Morgan fingerprint density at radius 1 is 1.29 bits per heavy atom. The Morgan fingerprint density at radius 2 is 2.04 bits per heavy atom. The molecule has 1 amide bonds. The average Bonchev–Trinajstić information content (AvgIpc) is 3.13. The molecule has 3 aromatic rings. The van der Waals surface area contributed by atoms with Crippen molar-refractivity contribution in [3.8, 4) is 11.3 Å². The number of aromatic nitrogens is 2. The minimum absolute atomic E-state index is 0.134. The van der Waals surface area contributed by atoms with Gasteiger partial charge < -0.3 is 9.73 Å². The normalized spacial score (nSPS) is 10.8. The van der Waals surface area contributed by atoms with Crippen LogP contribution in [0.15, 0.2) is 34.9 Å². The lowest BCUT2D eigenvalue weighted by molar-refractivity contribution is -0.116. The molecule has 0 saturated heterocycles. The number of carbonyl (C=O) groups excluding carboxylic acids is 1. The summed E-state index contributed by atoms with van der Waals surface area (Å²) in [4.78, 5) is 21.5. The molecule has 0 aliphatic carbocycles. The van der Waals surface area contributed by atoms with Crippen molar-refractivity contribution in [2.24, 2.45) is 0 Å². The van der Waals surface area contributed by atoms with Crippen LogP contribution in [0.25, 0.3) is 11.3 Å². The number of anilines is 1. The lowest BCUT2D eigenvalue weighted by Crippen LogP contribution is -2.12. The van der Waals surface area contributed by atoms with Crippen molar-refractivity contribution in [3.63, 3.8) is 0 Å². The zero-order valence-electron chi connectivity index (χ0n) is 13.3. The van der Waals surface area contributed by atoms with E-state index < -0.39 is 0 Å². The van der Waals surface area contributed by atoms with Crippen molar-refractivity contribution in [3.05, 3.63) is 52.7 Å². The van der Waals surface area contributed by atoms with E-state index in [0.717, 1.165) is 16.1 Å². The highest BCUT2D eigenvalue weighted by Crippen LogP contribution is 2.22. The van der Waals surface area contributed by atoms with E-state index in [0.29, 0.717) is 23.2 Å². The number of thiazole rings is 1. The Hall–Kier alpha value is -2.54. The molecule has 3 rings (SSSR count). The first-order chi connectivity index (χ1) is 11.5. The van der Waals surface area contributed by atoms with Gasteiger partial charge >= 0.3 is 0 Å². The minimum atomic E-state index is -0.303. The third kappa shape index (κ3) is 3.86. The zero-order valence-corrected chi connectivity index (χ0v) is 14.1. The monoisotopic (exact) mass is 345 g/mol. The lowest BCUT2D eigenvalue weighted by atomic mass is 10.2. The van der Waals surface area contributed by atoms with Gasteiger partial charge in [-0.3, -0.25) is 4.79 Å². The molecular weight excluding hydrogens is 329 g/mol. The highest BCUT2D eigenvalue weighted by molar-refractivity contribution is 7.15. The van der Waals surface area contributed by atoms with Gasteiger partial charge in [0.05, 0.1) is 11.9 Å². The number of amides is 1. The van der Waals surface area contributed by atoms with E-state index in [9.17, 15) is 9.18 Å². The molecule has 0 fully saturated rings. The van der Waals surface area contributed by atoms with Gasteiger partial charge in [0.15, 0.2) is 16.8 Å². The Morgan fingerprint density at radius 3 is 2.71 bits per heavy atom. The number of oxazole rings is 1. The van der Waals surface area contributed by atoms with Crippen molar-refractivity contribution in [2.75, 3.05) is 5.32 Å². The van der Waals surface area contributed by atoms with Crippen LogP contribution in [0.5, 0.6) is 0 Å². The summed E-state index contributed by atoms with van der Waals surface area (Å²) in [7, 11) is 0. The van der Waals surface area contributed by atoms with Crippen LogP contribution in [0, 0.1) is 19.7 Å². The second-order valence-corrected chi connectivity index (χ2v) is 6.54. The fourth-order valence-corrected chi connectivity index (χ4v) is 2.93. The number of nitrogens with one attached hydrogen (secondary N) is 1. The fourth-order valence-electron chi connectivity index (χ4n) is 2.10. The maximum Gasteiger partial charge on any atom is 0.226 e. The summed E-state index contributed by atoms with van der Waals surface area (Å²) < 4.78 is 18.5. The fraction of sp³-hybridized carbons (Fsp3) is 0.235. The number of rotatable bonds is 5. The van der Waals surface area contributed by atoms with Gasteiger partial charge in [0.25, 0.3) is 0 Å². The smallest absolute Gasteiger partial charge is 0.226 e. The first kappa shape index (κ1) is 16.3. The molecule has 0 aliphatic rings. The Bertz CT molecular complexity index is 836.